The molecule has 3 N–H and O–H groups in total. The SMILES string of the molecule is CN=C(NCCNC(=O)c1cccc(C)c1)NCc1nc(C(C)C)cs1. The fourth-order valence-electron chi connectivity index (χ4n) is 2.30. The van der Waals surface area contributed by atoms with Gasteiger partial charge in [0.2, 0.25) is 0 Å². The second-order valence-electron chi connectivity index (χ2n) is 6.30. The lowest BCUT2D eigenvalue weighted by molar-refractivity contribution is 0.0954. The van der Waals surface area contributed by atoms with Crippen LogP contribution in [0.5, 0.6) is 0 Å². The molecule has 0 radical (unpaired) electrons. The Hall–Kier alpha value is -2.41. The summed E-state index contributed by atoms with van der Waals surface area (Å²) in [5.74, 6) is 1.06. The number of benzene rings is 1. The first-order valence-electron chi connectivity index (χ1n) is 8.73. The van der Waals surface area contributed by atoms with E-state index in [1.54, 1.807) is 18.4 Å². The smallest absolute Gasteiger partial charge is 0.251 e. The van der Waals surface area contributed by atoms with Crippen molar-refractivity contribution in [2.75, 3.05) is 20.1 Å². The number of aliphatic imine (C=N–C) groups is 1. The Morgan fingerprint density at radius 2 is 2.00 bits per heavy atom. The van der Waals surface area contributed by atoms with Crippen LogP contribution >= 0.6 is 11.3 Å². The van der Waals surface area contributed by atoms with Crippen molar-refractivity contribution < 1.29 is 4.79 Å². The van der Waals surface area contributed by atoms with Gasteiger partial charge in [-0.2, -0.15) is 0 Å². The summed E-state index contributed by atoms with van der Waals surface area (Å²) in [6.45, 7) is 7.98. The van der Waals surface area contributed by atoms with E-state index in [0.29, 0.717) is 37.1 Å². The van der Waals surface area contributed by atoms with Gasteiger partial charge in [-0.3, -0.25) is 9.79 Å². The monoisotopic (exact) mass is 373 g/mol. The molecule has 0 saturated heterocycles. The van der Waals surface area contributed by atoms with E-state index < -0.39 is 0 Å². The highest BCUT2D eigenvalue weighted by Gasteiger charge is 2.07. The Labute approximate surface area is 159 Å². The highest BCUT2D eigenvalue weighted by molar-refractivity contribution is 7.09. The van der Waals surface area contributed by atoms with Crippen LogP contribution < -0.4 is 16.0 Å². The van der Waals surface area contributed by atoms with Gasteiger partial charge in [-0.05, 0) is 25.0 Å². The average Bonchev–Trinajstić information content (AvgIpc) is 3.10. The van der Waals surface area contributed by atoms with Gasteiger partial charge >= 0.3 is 0 Å². The van der Waals surface area contributed by atoms with E-state index in [1.165, 1.54) is 0 Å². The van der Waals surface area contributed by atoms with Gasteiger partial charge < -0.3 is 16.0 Å². The zero-order valence-electron chi connectivity index (χ0n) is 15.8. The molecule has 0 fully saturated rings. The van der Waals surface area contributed by atoms with Gasteiger partial charge in [0.05, 0.1) is 12.2 Å². The van der Waals surface area contributed by atoms with Crippen LogP contribution in [0.3, 0.4) is 0 Å². The summed E-state index contributed by atoms with van der Waals surface area (Å²) in [5.41, 5.74) is 2.87. The van der Waals surface area contributed by atoms with Gasteiger partial charge in [0, 0.05) is 31.1 Å². The molecular weight excluding hydrogens is 346 g/mol. The fourth-order valence-corrected chi connectivity index (χ4v) is 3.19. The molecule has 6 nitrogen and oxygen atoms in total. The van der Waals surface area contributed by atoms with Crippen molar-refractivity contribution in [3.8, 4) is 0 Å². The maximum atomic E-state index is 12.1. The molecule has 0 aliphatic heterocycles. The Bertz CT molecular complexity index is 754. The molecule has 0 aliphatic rings. The van der Waals surface area contributed by atoms with Crippen LogP contribution in [0.15, 0.2) is 34.6 Å². The van der Waals surface area contributed by atoms with E-state index in [-0.39, 0.29) is 5.91 Å². The number of carbonyl (C=O) groups is 1. The number of guanidine groups is 1. The maximum absolute atomic E-state index is 12.1. The summed E-state index contributed by atoms with van der Waals surface area (Å²) in [6, 6.07) is 7.55. The number of nitrogens with zero attached hydrogens (tertiary/aromatic N) is 2. The van der Waals surface area contributed by atoms with Crippen molar-refractivity contribution in [1.29, 1.82) is 0 Å². The van der Waals surface area contributed by atoms with E-state index in [1.807, 2.05) is 31.2 Å². The number of rotatable bonds is 7. The average molecular weight is 374 g/mol. The van der Waals surface area contributed by atoms with Gasteiger partial charge in [0.1, 0.15) is 5.01 Å². The Kier molecular flexibility index (Phi) is 7.59. The highest BCUT2D eigenvalue weighted by Crippen LogP contribution is 2.17. The lowest BCUT2D eigenvalue weighted by atomic mass is 10.1. The second kappa shape index (κ2) is 9.91. The van der Waals surface area contributed by atoms with E-state index in [0.717, 1.165) is 16.3 Å². The van der Waals surface area contributed by atoms with Crippen LogP contribution in [-0.2, 0) is 6.54 Å². The first kappa shape index (κ1) is 19.9. The molecule has 1 heterocycles. The molecule has 26 heavy (non-hydrogen) atoms. The molecule has 2 rings (SSSR count). The number of hydrogen-bond acceptors (Lipinski definition) is 4. The van der Waals surface area contributed by atoms with Gasteiger partial charge in [-0.15, -0.1) is 11.3 Å². The second-order valence-corrected chi connectivity index (χ2v) is 7.24. The van der Waals surface area contributed by atoms with Crippen LogP contribution in [0.1, 0.15) is 46.4 Å². The molecule has 7 heteroatoms. The predicted octanol–water partition coefficient (Wildman–Crippen LogP) is 2.67. The van der Waals surface area contributed by atoms with Crippen LogP contribution in [0.4, 0.5) is 0 Å². The van der Waals surface area contributed by atoms with Crippen molar-refractivity contribution in [2.45, 2.75) is 33.2 Å². The highest BCUT2D eigenvalue weighted by atomic mass is 32.1. The standard InChI is InChI=1S/C19H27N5OS/c1-13(2)16-12-26-17(24-16)11-23-19(20-4)22-9-8-21-18(25)15-7-5-6-14(3)10-15/h5-7,10,12-13H,8-9,11H2,1-4H3,(H,21,25)(H2,20,22,23). The van der Waals surface area contributed by atoms with Gasteiger partial charge in [0.15, 0.2) is 5.96 Å². The molecule has 140 valence electrons. The minimum Gasteiger partial charge on any atom is -0.355 e. The van der Waals surface area contributed by atoms with Crippen molar-refractivity contribution >= 4 is 23.2 Å². The molecule has 1 amide bonds. The van der Waals surface area contributed by atoms with E-state index in [4.69, 9.17) is 0 Å². The molecule has 0 unspecified atom stereocenters. The van der Waals surface area contributed by atoms with Crippen LogP contribution in [-0.4, -0.2) is 37.0 Å². The Morgan fingerprint density at radius 1 is 1.23 bits per heavy atom. The van der Waals surface area contributed by atoms with Crippen LogP contribution in [0, 0.1) is 6.92 Å². The molecule has 0 saturated carbocycles. The number of carbonyl (C=O) groups excluding carboxylic acids is 1. The van der Waals surface area contributed by atoms with Crippen LogP contribution in [0.25, 0.3) is 0 Å². The van der Waals surface area contributed by atoms with Crippen LogP contribution in [0.2, 0.25) is 0 Å². The molecule has 0 atom stereocenters. The number of hydrogen-bond donors (Lipinski definition) is 3. The molecule has 0 aliphatic carbocycles. The summed E-state index contributed by atoms with van der Waals surface area (Å²) in [7, 11) is 1.72. The fraction of sp³-hybridized carbons (Fsp3) is 0.421. The van der Waals surface area contributed by atoms with Crippen molar-refractivity contribution in [2.24, 2.45) is 4.99 Å². The lowest BCUT2D eigenvalue weighted by Crippen LogP contribution is -2.41. The van der Waals surface area contributed by atoms with Crippen molar-refractivity contribution in [1.82, 2.24) is 20.9 Å². The zero-order valence-corrected chi connectivity index (χ0v) is 16.6. The number of nitrogens with one attached hydrogen (secondary N) is 3. The van der Waals surface area contributed by atoms with Gasteiger partial charge in [0.25, 0.3) is 5.91 Å². The largest absolute Gasteiger partial charge is 0.355 e. The maximum Gasteiger partial charge on any atom is 0.251 e. The topological polar surface area (TPSA) is 78.4 Å². The lowest BCUT2D eigenvalue weighted by Gasteiger charge is -2.11. The molecule has 1 aromatic heterocycles. The molecule has 0 spiro atoms. The minimum atomic E-state index is -0.0672. The van der Waals surface area contributed by atoms with Crippen molar-refractivity contribution in [3.63, 3.8) is 0 Å². The van der Waals surface area contributed by atoms with Gasteiger partial charge in [-0.25, -0.2) is 4.98 Å². The van der Waals surface area contributed by atoms with E-state index in [2.05, 4.69) is 45.2 Å². The zero-order chi connectivity index (χ0) is 18.9. The molecule has 2 aromatic rings. The van der Waals surface area contributed by atoms with Gasteiger partial charge in [-0.1, -0.05) is 31.5 Å². The Morgan fingerprint density at radius 3 is 2.65 bits per heavy atom. The number of amides is 1. The predicted molar refractivity (Wildman–Crippen MR) is 108 cm³/mol. The van der Waals surface area contributed by atoms with Crippen molar-refractivity contribution in [3.05, 3.63) is 51.5 Å². The summed E-state index contributed by atoms with van der Waals surface area (Å²) in [5, 5.41) is 12.5. The minimum absolute atomic E-state index is 0.0672. The third-order valence-electron chi connectivity index (χ3n) is 3.77. The van der Waals surface area contributed by atoms with E-state index in [9.17, 15) is 4.79 Å². The first-order chi connectivity index (χ1) is 12.5. The summed E-state index contributed by atoms with van der Waals surface area (Å²) in [6.07, 6.45) is 0. The third kappa shape index (κ3) is 6.15. The Balaban J connectivity index is 1.70. The summed E-state index contributed by atoms with van der Waals surface area (Å²) >= 11 is 1.65. The summed E-state index contributed by atoms with van der Waals surface area (Å²) < 4.78 is 0. The van der Waals surface area contributed by atoms with E-state index >= 15 is 0 Å². The molecule has 1 aromatic carbocycles. The third-order valence-corrected chi connectivity index (χ3v) is 4.64. The quantitative estimate of drug-likeness (QED) is 0.396. The number of aromatic nitrogens is 1. The number of thiazole rings is 1. The molecule has 0 bridgehead atoms. The normalized spacial score (nSPS) is 11.5. The number of aryl methyl sites for hydroxylation is 1. The summed E-state index contributed by atoms with van der Waals surface area (Å²) in [4.78, 5) is 20.9. The first-order valence-corrected chi connectivity index (χ1v) is 9.61. The molecular formula is C19H27N5OS.